The van der Waals surface area contributed by atoms with E-state index in [0.29, 0.717) is 18.8 Å². The average Bonchev–Trinajstić information content (AvgIpc) is 2.81. The molecule has 4 nitrogen and oxygen atoms in total. The maximum absolute atomic E-state index is 12.2. The third kappa shape index (κ3) is 1.83. The minimum atomic E-state index is -0.848. The molecule has 106 valence electrons. The fraction of sp³-hybridized carbons (Fsp3) is 0.867. The molecule has 0 spiro atoms. The van der Waals surface area contributed by atoms with E-state index in [9.17, 15) is 14.7 Å². The van der Waals surface area contributed by atoms with Gasteiger partial charge >= 0.3 is 0 Å². The summed E-state index contributed by atoms with van der Waals surface area (Å²) in [5.74, 6) is 0.244. The Hall–Kier alpha value is -0.900. The first-order valence-corrected chi connectivity index (χ1v) is 7.34. The normalized spacial score (nSPS) is 44.4. The van der Waals surface area contributed by atoms with Crippen molar-refractivity contribution in [2.24, 2.45) is 23.2 Å². The molecule has 1 saturated heterocycles. The van der Waals surface area contributed by atoms with E-state index in [2.05, 4.69) is 6.92 Å². The second-order valence-electron chi connectivity index (χ2n) is 7.45. The van der Waals surface area contributed by atoms with Crippen molar-refractivity contribution in [3.8, 4) is 0 Å². The van der Waals surface area contributed by atoms with Gasteiger partial charge in [0.15, 0.2) is 0 Å². The number of imide groups is 1. The quantitative estimate of drug-likeness (QED) is 0.771. The smallest absolute Gasteiger partial charge is 0.233 e. The van der Waals surface area contributed by atoms with Crippen LogP contribution in [-0.4, -0.2) is 34.0 Å². The Bertz CT molecular complexity index is 411. The molecule has 2 amide bonds. The van der Waals surface area contributed by atoms with Crippen LogP contribution in [0.4, 0.5) is 0 Å². The molecular weight excluding hydrogens is 242 g/mol. The molecule has 4 heteroatoms. The number of piperidine rings is 1. The Morgan fingerprint density at radius 2 is 1.63 bits per heavy atom. The average molecular weight is 265 g/mol. The number of carbonyl (C=O) groups is 2. The van der Waals surface area contributed by atoms with Gasteiger partial charge in [-0.3, -0.25) is 14.5 Å². The van der Waals surface area contributed by atoms with Gasteiger partial charge in [-0.25, -0.2) is 0 Å². The van der Waals surface area contributed by atoms with Crippen molar-refractivity contribution < 1.29 is 14.7 Å². The van der Waals surface area contributed by atoms with Gasteiger partial charge in [0.2, 0.25) is 11.8 Å². The van der Waals surface area contributed by atoms with Gasteiger partial charge in [-0.2, -0.15) is 0 Å². The Morgan fingerprint density at radius 3 is 2.11 bits per heavy atom. The molecule has 0 aromatic carbocycles. The van der Waals surface area contributed by atoms with Gasteiger partial charge < -0.3 is 5.11 Å². The largest absolute Gasteiger partial charge is 0.388 e. The molecule has 2 unspecified atom stereocenters. The highest BCUT2D eigenvalue weighted by atomic mass is 16.3. The molecule has 3 fully saturated rings. The van der Waals surface area contributed by atoms with Crippen LogP contribution < -0.4 is 0 Å². The summed E-state index contributed by atoms with van der Waals surface area (Å²) in [4.78, 5) is 25.8. The highest BCUT2D eigenvalue weighted by Gasteiger charge is 2.72. The van der Waals surface area contributed by atoms with Crippen LogP contribution in [0.1, 0.15) is 46.5 Å². The van der Waals surface area contributed by atoms with Crippen molar-refractivity contribution in [2.75, 3.05) is 6.54 Å². The first-order valence-electron chi connectivity index (χ1n) is 7.34. The summed E-state index contributed by atoms with van der Waals surface area (Å²) in [6.07, 6.45) is 3.35. The summed E-state index contributed by atoms with van der Waals surface area (Å²) < 4.78 is 0. The molecule has 0 bridgehead atoms. The zero-order valence-corrected chi connectivity index (χ0v) is 12.0. The van der Waals surface area contributed by atoms with Crippen molar-refractivity contribution in [2.45, 2.75) is 52.1 Å². The van der Waals surface area contributed by atoms with Crippen molar-refractivity contribution in [1.82, 2.24) is 4.90 Å². The molecule has 0 aromatic heterocycles. The van der Waals surface area contributed by atoms with Crippen LogP contribution >= 0.6 is 0 Å². The van der Waals surface area contributed by atoms with Crippen LogP contribution in [0.2, 0.25) is 0 Å². The number of amides is 2. The van der Waals surface area contributed by atoms with Crippen LogP contribution in [0.3, 0.4) is 0 Å². The number of fused-ring (bicyclic) bond motifs is 1. The Kier molecular flexibility index (Phi) is 2.63. The maximum Gasteiger partial charge on any atom is 0.233 e. The summed E-state index contributed by atoms with van der Waals surface area (Å²) in [5.41, 5.74) is -1.01. The van der Waals surface area contributed by atoms with E-state index < -0.39 is 5.60 Å². The molecule has 19 heavy (non-hydrogen) atoms. The second kappa shape index (κ2) is 3.81. The molecule has 2 atom stereocenters. The molecule has 3 rings (SSSR count). The van der Waals surface area contributed by atoms with E-state index in [4.69, 9.17) is 0 Å². The number of hydrogen-bond acceptors (Lipinski definition) is 3. The van der Waals surface area contributed by atoms with Gasteiger partial charge in [-0.05, 0) is 37.0 Å². The number of hydrogen-bond donors (Lipinski definition) is 1. The molecular formula is C15H23NO3. The zero-order valence-electron chi connectivity index (χ0n) is 12.0. The van der Waals surface area contributed by atoms with E-state index in [1.165, 1.54) is 4.90 Å². The van der Waals surface area contributed by atoms with Crippen LogP contribution in [-0.2, 0) is 9.59 Å². The van der Waals surface area contributed by atoms with Gasteiger partial charge in [0, 0.05) is 0 Å². The topological polar surface area (TPSA) is 57.6 Å². The van der Waals surface area contributed by atoms with E-state index in [0.717, 1.165) is 12.8 Å². The lowest BCUT2D eigenvalue weighted by atomic mass is 9.79. The molecule has 1 aliphatic heterocycles. The van der Waals surface area contributed by atoms with Crippen LogP contribution in [0, 0.1) is 23.2 Å². The summed E-state index contributed by atoms with van der Waals surface area (Å²) in [5, 5.41) is 10.6. The summed E-state index contributed by atoms with van der Waals surface area (Å²) >= 11 is 0. The molecule has 2 saturated carbocycles. The second-order valence-corrected chi connectivity index (χ2v) is 7.45. The molecule has 1 heterocycles. The number of aliphatic hydroxyl groups is 1. The van der Waals surface area contributed by atoms with Crippen LogP contribution in [0.15, 0.2) is 0 Å². The number of likely N-dealkylation sites (tertiary alicyclic amines) is 1. The predicted octanol–water partition coefficient (Wildman–Crippen LogP) is 1.57. The molecule has 0 aromatic rings. The minimum Gasteiger partial charge on any atom is -0.388 e. The van der Waals surface area contributed by atoms with E-state index in [-0.39, 0.29) is 35.6 Å². The van der Waals surface area contributed by atoms with Crippen molar-refractivity contribution in [3.05, 3.63) is 0 Å². The van der Waals surface area contributed by atoms with Gasteiger partial charge in [0.25, 0.3) is 0 Å². The lowest BCUT2D eigenvalue weighted by Gasteiger charge is -2.37. The van der Waals surface area contributed by atoms with Gasteiger partial charge in [0.1, 0.15) is 0 Å². The van der Waals surface area contributed by atoms with Crippen molar-refractivity contribution in [1.29, 1.82) is 0 Å². The highest BCUT2D eigenvalue weighted by Crippen LogP contribution is 2.63. The van der Waals surface area contributed by atoms with E-state index in [1.807, 2.05) is 13.8 Å². The third-order valence-corrected chi connectivity index (χ3v) is 5.55. The van der Waals surface area contributed by atoms with Crippen LogP contribution in [0.25, 0.3) is 0 Å². The zero-order chi connectivity index (χ0) is 14.0. The Balaban J connectivity index is 1.69. The van der Waals surface area contributed by atoms with Gasteiger partial charge in [0.05, 0.1) is 24.0 Å². The van der Waals surface area contributed by atoms with Gasteiger partial charge in [-0.15, -0.1) is 0 Å². The minimum absolute atomic E-state index is 0.0629. The fourth-order valence-electron chi connectivity index (χ4n) is 3.91. The number of rotatable bonds is 2. The van der Waals surface area contributed by atoms with Crippen molar-refractivity contribution >= 4 is 11.8 Å². The third-order valence-electron chi connectivity index (χ3n) is 5.55. The van der Waals surface area contributed by atoms with Crippen molar-refractivity contribution in [3.63, 3.8) is 0 Å². The monoisotopic (exact) mass is 265 g/mol. The number of carbonyl (C=O) groups excluding carboxylic acids is 2. The number of β-amino-alcohol motifs (C(OH)–C–C–N with tert-alkyl or cyclic N) is 1. The summed E-state index contributed by atoms with van der Waals surface area (Å²) in [6.45, 7) is 6.35. The molecule has 1 N–H and O–H groups in total. The maximum atomic E-state index is 12.2. The summed E-state index contributed by atoms with van der Waals surface area (Å²) in [7, 11) is 0. The first kappa shape index (κ1) is 13.1. The molecule has 2 aliphatic carbocycles. The van der Waals surface area contributed by atoms with Crippen LogP contribution in [0.5, 0.6) is 0 Å². The molecule has 3 aliphatic rings. The Labute approximate surface area is 114 Å². The summed E-state index contributed by atoms with van der Waals surface area (Å²) in [6, 6.07) is 0. The SMILES string of the molecule is CC1CCC(O)(CN2C(=O)C3C(C2=O)C3(C)C)CC1. The van der Waals surface area contributed by atoms with Gasteiger partial charge in [-0.1, -0.05) is 20.8 Å². The lowest BCUT2D eigenvalue weighted by Crippen LogP contribution is -2.49. The highest BCUT2D eigenvalue weighted by molar-refractivity contribution is 6.10. The lowest BCUT2D eigenvalue weighted by molar-refractivity contribution is -0.148. The van der Waals surface area contributed by atoms with E-state index >= 15 is 0 Å². The molecule has 0 radical (unpaired) electrons. The number of nitrogens with zero attached hydrogens (tertiary/aromatic N) is 1. The Morgan fingerprint density at radius 1 is 1.16 bits per heavy atom. The first-order chi connectivity index (χ1) is 8.76. The fourth-order valence-corrected chi connectivity index (χ4v) is 3.91. The standard InChI is InChI=1S/C15H23NO3/c1-9-4-6-15(19,7-5-9)8-16-12(17)10-11(13(16)18)14(10,2)3/h9-11,19H,4-8H2,1-3H3. The van der Waals surface area contributed by atoms with E-state index in [1.54, 1.807) is 0 Å². The predicted molar refractivity (Wildman–Crippen MR) is 70.1 cm³/mol.